The Bertz CT molecular complexity index is 4140. The largest absolute Gasteiger partial charge is 0.355 e. The first kappa shape index (κ1) is 60.2. The Morgan fingerprint density at radius 3 is 0.730 bits per heavy atom. The smallest absolute Gasteiger partial charge is 0.170 e. The number of aromatic nitrogens is 4. The van der Waals surface area contributed by atoms with Gasteiger partial charge in [0.05, 0.1) is 42.0 Å². The van der Waals surface area contributed by atoms with Crippen LogP contribution in [0.4, 0.5) is 0 Å². The number of H-pyrrole nitrogens is 2. The SMILES string of the molecule is C1=Cc2cc3ccc(cc4ccc(cc5nc(cc1n2)C=C5)[nH]4)[nH]3.O=C(CC(=O)c1ccccc1)c1ccccc1.O=C(CC(=O)c1ccccc1)c1ccccc1.O=C(CC(=O)c1ccccc1)c1ccccc1.c1ccc2c(c1)ccc1ccccc12. The molecule has 2 aliphatic heterocycles. The van der Waals surface area contributed by atoms with E-state index in [1.165, 1.54) is 21.5 Å². The van der Waals surface area contributed by atoms with Crippen LogP contribution in [0.2, 0.25) is 0 Å². The molecule has 0 atom stereocenters. The fraction of sp³-hybridized carbons (Fsp3) is 0.0380. The number of hydrogen-bond acceptors (Lipinski definition) is 8. The molecule has 0 spiro atoms. The zero-order chi connectivity index (χ0) is 61.6. The molecule has 9 aromatic carbocycles. The van der Waals surface area contributed by atoms with Crippen LogP contribution in [0.25, 0.3) is 67.9 Å². The van der Waals surface area contributed by atoms with Crippen molar-refractivity contribution in [3.05, 3.63) is 347 Å². The molecule has 0 fully saturated rings. The Morgan fingerprint density at radius 1 is 0.236 bits per heavy atom. The number of aromatic amines is 2. The average molecular weight is 1160 g/mol. The Labute approximate surface area is 515 Å². The highest BCUT2D eigenvalue weighted by Gasteiger charge is 2.15. The molecule has 0 saturated carbocycles. The first-order valence-electron chi connectivity index (χ1n) is 29.0. The number of Topliss-reactive ketones (excluding diaryl/α,β-unsaturated/α-hetero) is 6. The van der Waals surface area contributed by atoms with Gasteiger partial charge in [0.2, 0.25) is 0 Å². The van der Waals surface area contributed by atoms with Crippen molar-refractivity contribution < 1.29 is 28.8 Å². The standard InChI is InChI=1S/C20H14N4.3C15H12O2.C14H10/c1-2-14-10-16-5-6-18(23-16)12-20-8-7-19(24-20)11-17-4-3-15(22-17)9-13(1)21-14;3*16-14(12-7-3-1-4-8-12)11-15(17)13-9-5-2-6-10-13;1-3-7-13-11(5-1)9-10-12-6-2-4-8-14(12)13/h1-12,21-22H;3*1-10H,11H2;1-10H. The quantitative estimate of drug-likeness (QED) is 0.0695. The minimum Gasteiger partial charge on any atom is -0.355 e. The predicted molar refractivity (Wildman–Crippen MR) is 359 cm³/mol. The van der Waals surface area contributed by atoms with E-state index in [9.17, 15) is 28.8 Å². The van der Waals surface area contributed by atoms with Crippen LogP contribution in [0.15, 0.2) is 291 Å². The number of ketones is 6. The molecule has 0 saturated heterocycles. The van der Waals surface area contributed by atoms with Crippen molar-refractivity contribution in [2.45, 2.75) is 19.3 Å². The van der Waals surface area contributed by atoms with Crippen molar-refractivity contribution in [1.82, 2.24) is 19.9 Å². The number of nitrogens with one attached hydrogen (secondary N) is 2. The van der Waals surface area contributed by atoms with Crippen molar-refractivity contribution >= 4 is 103 Å². The Morgan fingerprint density at radius 2 is 0.461 bits per heavy atom. The van der Waals surface area contributed by atoms with Crippen LogP contribution in [0, 0.1) is 0 Å². The van der Waals surface area contributed by atoms with Crippen LogP contribution in [-0.4, -0.2) is 54.6 Å². The van der Waals surface area contributed by atoms with Crippen LogP contribution in [0.3, 0.4) is 0 Å². The van der Waals surface area contributed by atoms with Gasteiger partial charge in [-0.3, -0.25) is 28.8 Å². The average Bonchev–Trinajstić information content (AvgIpc) is 3.42. The van der Waals surface area contributed by atoms with E-state index in [2.05, 4.69) is 111 Å². The normalized spacial score (nSPS) is 10.8. The number of rotatable bonds is 12. The van der Waals surface area contributed by atoms with E-state index in [0.29, 0.717) is 33.4 Å². The summed E-state index contributed by atoms with van der Waals surface area (Å²) in [6.07, 6.45) is 7.82. The first-order valence-corrected chi connectivity index (χ1v) is 29.0. The van der Waals surface area contributed by atoms with Crippen LogP contribution in [0.1, 0.15) is 104 Å². The zero-order valence-electron chi connectivity index (χ0n) is 48.5. The minimum atomic E-state index is -0.139. The minimum absolute atomic E-state index is 0.0754. The second-order valence-electron chi connectivity index (χ2n) is 20.7. The summed E-state index contributed by atoms with van der Waals surface area (Å²) in [6, 6.07) is 91.0. The van der Waals surface area contributed by atoms with Gasteiger partial charge in [-0.25, -0.2) is 9.97 Å². The lowest BCUT2D eigenvalue weighted by Gasteiger charge is -2.02. The molecule has 5 heterocycles. The van der Waals surface area contributed by atoms with Gasteiger partial charge < -0.3 is 9.97 Å². The van der Waals surface area contributed by atoms with Crippen LogP contribution in [0.5, 0.6) is 0 Å². The van der Waals surface area contributed by atoms with E-state index in [1.807, 2.05) is 78.9 Å². The third-order valence-corrected chi connectivity index (χ3v) is 14.2. The third-order valence-electron chi connectivity index (χ3n) is 14.2. The highest BCUT2D eigenvalue weighted by atomic mass is 16.2. The summed E-state index contributed by atoms with van der Waals surface area (Å²) in [7, 11) is 0. The lowest BCUT2D eigenvalue weighted by atomic mass is 10.0. The maximum Gasteiger partial charge on any atom is 0.170 e. The van der Waals surface area contributed by atoms with Crippen LogP contribution >= 0.6 is 0 Å². The fourth-order valence-corrected chi connectivity index (χ4v) is 9.69. The predicted octanol–water partition coefficient (Wildman–Crippen LogP) is 18.1. The summed E-state index contributed by atoms with van der Waals surface area (Å²) < 4.78 is 0. The van der Waals surface area contributed by atoms with E-state index in [0.717, 1.165) is 44.8 Å². The van der Waals surface area contributed by atoms with E-state index in [-0.39, 0.29) is 54.0 Å². The number of carbonyl (C=O) groups excluding carboxylic acids is 6. The van der Waals surface area contributed by atoms with E-state index in [1.54, 1.807) is 146 Å². The molecule has 0 aliphatic carbocycles. The van der Waals surface area contributed by atoms with Gasteiger partial charge in [0, 0.05) is 55.4 Å². The summed E-state index contributed by atoms with van der Waals surface area (Å²) in [5.41, 5.74) is 11.3. The van der Waals surface area contributed by atoms with Crippen molar-refractivity contribution in [3.8, 4) is 0 Å². The molecule has 2 N–H and O–H groups in total. The van der Waals surface area contributed by atoms with Crippen molar-refractivity contribution in [2.24, 2.45) is 0 Å². The van der Waals surface area contributed by atoms with Crippen LogP contribution in [-0.2, 0) is 0 Å². The topological polar surface area (TPSA) is 160 Å². The molecule has 3 aromatic heterocycles. The zero-order valence-corrected chi connectivity index (χ0v) is 48.5. The molecular weight excluding hydrogens is 1100 g/mol. The Hall–Kier alpha value is -11.9. The van der Waals surface area contributed by atoms with Gasteiger partial charge in [0.15, 0.2) is 34.7 Å². The summed E-state index contributed by atoms with van der Waals surface area (Å²) in [5, 5.41) is 5.30. The monoisotopic (exact) mass is 1160 g/mol. The molecule has 2 aliphatic rings. The molecule has 10 nitrogen and oxygen atoms in total. The molecule has 0 amide bonds. The number of benzene rings is 9. The molecule has 0 unspecified atom stereocenters. The van der Waals surface area contributed by atoms with Crippen molar-refractivity contribution in [2.75, 3.05) is 0 Å². The highest BCUT2D eigenvalue weighted by Crippen LogP contribution is 2.25. The summed E-state index contributed by atoms with van der Waals surface area (Å²) >= 11 is 0. The number of fused-ring (bicyclic) bond motifs is 11. The maximum atomic E-state index is 11.8. The van der Waals surface area contributed by atoms with Gasteiger partial charge in [-0.2, -0.15) is 0 Å². The van der Waals surface area contributed by atoms with E-state index >= 15 is 0 Å². The van der Waals surface area contributed by atoms with E-state index < -0.39 is 0 Å². The fourth-order valence-electron chi connectivity index (χ4n) is 9.69. The summed E-state index contributed by atoms with van der Waals surface area (Å²) in [4.78, 5) is 86.9. The molecule has 12 aromatic rings. The van der Waals surface area contributed by atoms with Gasteiger partial charge in [-0.15, -0.1) is 0 Å². The van der Waals surface area contributed by atoms with E-state index in [4.69, 9.17) is 0 Å². The third kappa shape index (κ3) is 17.4. The Balaban J connectivity index is 0.000000124. The number of carbonyl (C=O) groups is 6. The van der Waals surface area contributed by atoms with Gasteiger partial charge in [0.25, 0.3) is 0 Å². The van der Waals surface area contributed by atoms with Gasteiger partial charge in [-0.1, -0.05) is 243 Å². The number of nitrogens with zero attached hydrogens (tertiary/aromatic N) is 2. The highest BCUT2D eigenvalue weighted by molar-refractivity contribution is 6.15. The summed E-state index contributed by atoms with van der Waals surface area (Å²) in [5.74, 6) is -0.836. The second-order valence-corrected chi connectivity index (χ2v) is 20.7. The van der Waals surface area contributed by atoms with Crippen molar-refractivity contribution in [3.63, 3.8) is 0 Å². The Kier molecular flexibility index (Phi) is 20.5. The lowest BCUT2D eigenvalue weighted by Crippen LogP contribution is -2.08. The first-order chi connectivity index (χ1) is 43.6. The molecule has 432 valence electrons. The molecule has 14 rings (SSSR count). The lowest BCUT2D eigenvalue weighted by molar-refractivity contribution is 0.0878. The molecule has 8 bridgehead atoms. The second kappa shape index (κ2) is 30.3. The van der Waals surface area contributed by atoms with Gasteiger partial charge in [0.1, 0.15) is 0 Å². The van der Waals surface area contributed by atoms with Crippen molar-refractivity contribution in [1.29, 1.82) is 0 Å². The van der Waals surface area contributed by atoms with Gasteiger partial charge in [-0.05, 0) is 94.4 Å². The maximum absolute atomic E-state index is 11.8. The number of hydrogen-bond donors (Lipinski definition) is 2. The molecular formula is C79H60N4O6. The van der Waals surface area contributed by atoms with Gasteiger partial charge >= 0.3 is 0 Å². The molecule has 10 heteroatoms. The summed E-state index contributed by atoms with van der Waals surface area (Å²) in [6.45, 7) is 0. The molecule has 89 heavy (non-hydrogen) atoms. The van der Waals surface area contributed by atoms with Crippen LogP contribution < -0.4 is 0 Å². The molecule has 0 radical (unpaired) electrons.